The second-order valence-corrected chi connectivity index (χ2v) is 5.06. The maximum absolute atomic E-state index is 11.7. The van der Waals surface area contributed by atoms with Crippen molar-refractivity contribution < 1.29 is 14.6 Å². The predicted molar refractivity (Wildman–Crippen MR) is 84.4 cm³/mol. The molecule has 0 spiro atoms. The Morgan fingerprint density at radius 3 is 2.41 bits per heavy atom. The highest BCUT2D eigenvalue weighted by molar-refractivity contribution is 5.26. The molecule has 0 amide bonds. The lowest BCUT2D eigenvalue weighted by molar-refractivity contribution is 0.262. The van der Waals surface area contributed by atoms with Crippen LogP contribution in [0.3, 0.4) is 0 Å². The number of unbranched alkanes of at least 4 members (excludes halogenated alkanes) is 1. The van der Waals surface area contributed by atoms with Crippen LogP contribution in [-0.2, 0) is 6.61 Å². The first-order valence-corrected chi connectivity index (χ1v) is 7.34. The van der Waals surface area contributed by atoms with Crippen LogP contribution in [0.15, 0.2) is 41.3 Å². The van der Waals surface area contributed by atoms with E-state index in [0.717, 1.165) is 18.6 Å². The first kappa shape index (κ1) is 16.1. The smallest absolute Gasteiger partial charge is 0.223 e. The third-order valence-corrected chi connectivity index (χ3v) is 3.19. The van der Waals surface area contributed by atoms with Crippen molar-refractivity contribution in [1.29, 1.82) is 0 Å². The lowest BCUT2D eigenvalue weighted by Gasteiger charge is -2.08. The van der Waals surface area contributed by atoms with Gasteiger partial charge in [0.05, 0.1) is 19.8 Å². The van der Waals surface area contributed by atoms with E-state index in [2.05, 4.69) is 4.98 Å². The van der Waals surface area contributed by atoms with Crippen molar-refractivity contribution in [1.82, 2.24) is 4.98 Å². The number of nitrogens with one attached hydrogen (secondary N) is 1. The quantitative estimate of drug-likeness (QED) is 0.735. The molecule has 0 bridgehead atoms. The van der Waals surface area contributed by atoms with Crippen LogP contribution in [0.5, 0.6) is 11.5 Å². The number of rotatable bonds is 8. The average molecular weight is 303 g/mol. The van der Waals surface area contributed by atoms with Crippen molar-refractivity contribution in [2.75, 3.05) is 13.2 Å². The van der Waals surface area contributed by atoms with Gasteiger partial charge in [-0.3, -0.25) is 4.79 Å². The van der Waals surface area contributed by atoms with Crippen molar-refractivity contribution in [3.63, 3.8) is 0 Å². The molecule has 0 unspecified atom stereocenters. The van der Waals surface area contributed by atoms with Gasteiger partial charge in [0, 0.05) is 18.0 Å². The molecular weight excluding hydrogens is 282 g/mol. The molecule has 0 radical (unpaired) electrons. The van der Waals surface area contributed by atoms with Crippen molar-refractivity contribution in [2.24, 2.45) is 0 Å². The summed E-state index contributed by atoms with van der Waals surface area (Å²) in [4.78, 5) is 14.5. The van der Waals surface area contributed by atoms with E-state index in [0.29, 0.717) is 18.9 Å². The maximum Gasteiger partial charge on any atom is 0.223 e. The number of hydrogen-bond acceptors (Lipinski definition) is 4. The molecule has 118 valence electrons. The van der Waals surface area contributed by atoms with E-state index in [1.807, 2.05) is 31.2 Å². The summed E-state index contributed by atoms with van der Waals surface area (Å²) in [7, 11) is 0. The van der Waals surface area contributed by atoms with Crippen LogP contribution >= 0.6 is 0 Å². The SMILES string of the molecule is Cc1ccc(OCCCCOc2c[nH]c(CO)cc2=O)cc1. The largest absolute Gasteiger partial charge is 0.494 e. The standard InChI is InChI=1S/C17H21NO4/c1-13-4-6-15(7-5-13)21-8-2-3-9-22-17-11-18-14(12-19)10-16(17)20/h4-7,10-11,19H,2-3,8-9,12H2,1H3,(H,18,20). The number of hydrogen-bond donors (Lipinski definition) is 2. The first-order chi connectivity index (χ1) is 10.7. The highest BCUT2D eigenvalue weighted by Crippen LogP contribution is 2.12. The van der Waals surface area contributed by atoms with Gasteiger partial charge in [-0.2, -0.15) is 0 Å². The minimum atomic E-state index is -0.223. The molecule has 0 aliphatic heterocycles. The third kappa shape index (κ3) is 4.93. The van der Waals surface area contributed by atoms with E-state index in [-0.39, 0.29) is 17.8 Å². The monoisotopic (exact) mass is 303 g/mol. The number of benzene rings is 1. The Labute approximate surface area is 129 Å². The second-order valence-electron chi connectivity index (χ2n) is 5.06. The van der Waals surface area contributed by atoms with Gasteiger partial charge in [-0.25, -0.2) is 0 Å². The summed E-state index contributed by atoms with van der Waals surface area (Å²) in [5.74, 6) is 1.14. The number of H-pyrrole nitrogens is 1. The van der Waals surface area contributed by atoms with E-state index in [1.54, 1.807) is 0 Å². The third-order valence-electron chi connectivity index (χ3n) is 3.19. The normalized spacial score (nSPS) is 10.5. The summed E-state index contributed by atoms with van der Waals surface area (Å²) >= 11 is 0. The van der Waals surface area contributed by atoms with Crippen LogP contribution in [0.2, 0.25) is 0 Å². The molecule has 0 atom stereocenters. The molecule has 0 saturated heterocycles. The van der Waals surface area contributed by atoms with Gasteiger partial charge in [0.2, 0.25) is 5.43 Å². The molecule has 0 aliphatic carbocycles. The molecule has 1 heterocycles. The molecule has 5 heteroatoms. The summed E-state index contributed by atoms with van der Waals surface area (Å²) in [6, 6.07) is 9.28. The molecule has 5 nitrogen and oxygen atoms in total. The van der Waals surface area contributed by atoms with Crippen LogP contribution in [0.25, 0.3) is 0 Å². The first-order valence-electron chi connectivity index (χ1n) is 7.34. The van der Waals surface area contributed by atoms with Crippen LogP contribution in [0.4, 0.5) is 0 Å². The van der Waals surface area contributed by atoms with Crippen molar-refractivity contribution in [2.45, 2.75) is 26.4 Å². The number of aromatic nitrogens is 1. The van der Waals surface area contributed by atoms with E-state index in [9.17, 15) is 4.79 Å². The number of aromatic amines is 1. The number of pyridine rings is 1. The van der Waals surface area contributed by atoms with Crippen molar-refractivity contribution in [3.05, 3.63) is 58.0 Å². The van der Waals surface area contributed by atoms with Crippen LogP contribution in [0, 0.1) is 6.92 Å². The number of ether oxygens (including phenoxy) is 2. The molecule has 2 aromatic rings. The molecule has 1 aromatic heterocycles. The molecule has 0 saturated carbocycles. The fraction of sp³-hybridized carbons (Fsp3) is 0.353. The topological polar surface area (TPSA) is 71.6 Å². The molecule has 0 aliphatic rings. The van der Waals surface area contributed by atoms with Gasteiger partial charge in [0.1, 0.15) is 5.75 Å². The molecule has 2 rings (SSSR count). The molecule has 22 heavy (non-hydrogen) atoms. The summed E-state index contributed by atoms with van der Waals surface area (Å²) in [6.45, 7) is 2.92. The van der Waals surface area contributed by atoms with Crippen molar-refractivity contribution >= 4 is 0 Å². The fourth-order valence-electron chi connectivity index (χ4n) is 1.92. The van der Waals surface area contributed by atoms with Gasteiger partial charge < -0.3 is 19.6 Å². The zero-order chi connectivity index (χ0) is 15.8. The fourth-order valence-corrected chi connectivity index (χ4v) is 1.92. The highest BCUT2D eigenvalue weighted by Gasteiger charge is 2.02. The lowest BCUT2D eigenvalue weighted by Crippen LogP contribution is -2.11. The van der Waals surface area contributed by atoms with Crippen LogP contribution in [0.1, 0.15) is 24.1 Å². The molecular formula is C17H21NO4. The Hall–Kier alpha value is -2.27. The minimum absolute atomic E-state index is 0.189. The zero-order valence-corrected chi connectivity index (χ0v) is 12.7. The van der Waals surface area contributed by atoms with Crippen LogP contribution in [-0.4, -0.2) is 23.3 Å². The predicted octanol–water partition coefficient (Wildman–Crippen LogP) is 2.41. The minimum Gasteiger partial charge on any atom is -0.494 e. The number of aryl methyl sites for hydroxylation is 1. The summed E-state index contributed by atoms with van der Waals surface area (Å²) in [6.07, 6.45) is 3.13. The Bertz CT molecular complexity index is 634. The number of aliphatic hydroxyl groups is 1. The van der Waals surface area contributed by atoms with Gasteiger partial charge in [0.15, 0.2) is 5.75 Å². The Morgan fingerprint density at radius 1 is 1.09 bits per heavy atom. The highest BCUT2D eigenvalue weighted by atomic mass is 16.5. The summed E-state index contributed by atoms with van der Waals surface area (Å²) in [5, 5.41) is 8.91. The van der Waals surface area contributed by atoms with Gasteiger partial charge in [-0.1, -0.05) is 17.7 Å². The van der Waals surface area contributed by atoms with E-state index in [1.165, 1.54) is 17.8 Å². The Kier molecular flexibility index (Phi) is 6.03. The van der Waals surface area contributed by atoms with Gasteiger partial charge >= 0.3 is 0 Å². The maximum atomic E-state index is 11.7. The van der Waals surface area contributed by atoms with Gasteiger partial charge in [0.25, 0.3) is 0 Å². The van der Waals surface area contributed by atoms with Gasteiger partial charge in [-0.15, -0.1) is 0 Å². The van der Waals surface area contributed by atoms with E-state index >= 15 is 0 Å². The van der Waals surface area contributed by atoms with E-state index in [4.69, 9.17) is 14.6 Å². The Balaban J connectivity index is 1.65. The van der Waals surface area contributed by atoms with Gasteiger partial charge in [-0.05, 0) is 31.9 Å². The zero-order valence-electron chi connectivity index (χ0n) is 12.7. The molecule has 0 fully saturated rings. The van der Waals surface area contributed by atoms with E-state index < -0.39 is 0 Å². The lowest BCUT2D eigenvalue weighted by atomic mass is 10.2. The van der Waals surface area contributed by atoms with Crippen molar-refractivity contribution in [3.8, 4) is 11.5 Å². The average Bonchev–Trinajstić information content (AvgIpc) is 2.53. The molecule has 1 aromatic carbocycles. The number of aliphatic hydroxyl groups excluding tert-OH is 1. The second kappa shape index (κ2) is 8.24. The summed E-state index contributed by atoms with van der Waals surface area (Å²) < 4.78 is 11.0. The Morgan fingerprint density at radius 2 is 1.77 bits per heavy atom. The molecule has 2 N–H and O–H groups in total. The summed E-state index contributed by atoms with van der Waals surface area (Å²) in [5.41, 5.74) is 1.46. The van der Waals surface area contributed by atoms with Crippen LogP contribution < -0.4 is 14.9 Å².